The van der Waals surface area contributed by atoms with Crippen LogP contribution in [0, 0.1) is 23.7 Å². The zero-order valence-corrected chi connectivity index (χ0v) is 20.9. The van der Waals surface area contributed by atoms with Gasteiger partial charge >= 0.3 is 17.9 Å². The number of ketones is 1. The molecule has 0 aromatic rings. The Balaban J connectivity index is 2.54. The molecule has 2 rings (SSSR count). The van der Waals surface area contributed by atoms with E-state index in [0.717, 1.165) is 0 Å². The predicted molar refractivity (Wildman–Crippen MR) is 121 cm³/mol. The fraction of sp³-hybridized carbons (Fsp3) is 0.760. The molecule has 0 radical (unpaired) electrons. The highest BCUT2D eigenvalue weighted by atomic mass is 16.6. The molecule has 0 aromatic carbocycles. The lowest BCUT2D eigenvalue weighted by Gasteiger charge is -2.41. The van der Waals surface area contributed by atoms with Crippen LogP contribution in [0.15, 0.2) is 12.2 Å². The average Bonchev–Trinajstić information content (AvgIpc) is 3.04. The second kappa shape index (κ2) is 11.0. The molecule has 2 fully saturated rings. The van der Waals surface area contributed by atoms with E-state index in [1.807, 2.05) is 13.8 Å². The van der Waals surface area contributed by atoms with Crippen molar-refractivity contribution in [1.82, 2.24) is 0 Å². The molecule has 0 spiro atoms. The van der Waals surface area contributed by atoms with E-state index in [2.05, 4.69) is 6.58 Å². The number of carbonyl (C=O) groups is 4. The van der Waals surface area contributed by atoms with Gasteiger partial charge in [-0.1, -0.05) is 41.2 Å². The van der Waals surface area contributed by atoms with Gasteiger partial charge in [0.2, 0.25) is 0 Å². The second-order valence-electron chi connectivity index (χ2n) is 10.2. The van der Waals surface area contributed by atoms with E-state index in [4.69, 9.17) is 14.2 Å². The molecule has 192 valence electrons. The lowest BCUT2D eigenvalue weighted by Crippen LogP contribution is -2.59. The van der Waals surface area contributed by atoms with Crippen molar-refractivity contribution in [2.75, 3.05) is 0 Å². The molecule has 8 unspecified atom stereocenters. The fourth-order valence-corrected chi connectivity index (χ4v) is 4.36. The summed E-state index contributed by atoms with van der Waals surface area (Å²) in [5, 5.41) is 22.6. The van der Waals surface area contributed by atoms with Gasteiger partial charge in [-0.3, -0.25) is 14.4 Å². The zero-order valence-electron chi connectivity index (χ0n) is 20.9. The van der Waals surface area contributed by atoms with E-state index < -0.39 is 71.5 Å². The van der Waals surface area contributed by atoms with E-state index in [1.165, 1.54) is 6.92 Å². The summed E-state index contributed by atoms with van der Waals surface area (Å²) in [7, 11) is 0. The molecule has 1 aliphatic heterocycles. The largest absolute Gasteiger partial charge is 0.459 e. The Kier molecular flexibility index (Phi) is 9.04. The summed E-state index contributed by atoms with van der Waals surface area (Å²) in [6.07, 6.45) is -4.82. The minimum atomic E-state index is -2.18. The number of aliphatic hydroxyl groups excluding tert-OH is 1. The van der Waals surface area contributed by atoms with Crippen LogP contribution < -0.4 is 0 Å². The topological polar surface area (TPSA) is 136 Å². The standard InChI is InChI=1S/C25H38O9/c1-8-13(4)23(29)34-22-21-18(15(6)24(30)33-21)19(28)20(32-17(27)11-12(2)3)14(5)9-10-16(26)25(22,7)31/h12-14,18-22,28,31H,6,8-11H2,1-5,7H3. The van der Waals surface area contributed by atoms with Crippen LogP contribution in [0.4, 0.5) is 0 Å². The van der Waals surface area contributed by atoms with Gasteiger partial charge in [0.15, 0.2) is 23.6 Å². The molecule has 1 saturated carbocycles. The Morgan fingerprint density at radius 1 is 1.24 bits per heavy atom. The number of hydrogen-bond donors (Lipinski definition) is 2. The van der Waals surface area contributed by atoms with Gasteiger partial charge in [-0.2, -0.15) is 0 Å². The first-order valence-electron chi connectivity index (χ1n) is 12.0. The Labute approximate surface area is 200 Å². The van der Waals surface area contributed by atoms with Crippen molar-refractivity contribution in [3.8, 4) is 0 Å². The van der Waals surface area contributed by atoms with Gasteiger partial charge in [-0.15, -0.1) is 0 Å². The lowest BCUT2D eigenvalue weighted by molar-refractivity contribution is -0.199. The van der Waals surface area contributed by atoms with Crippen molar-refractivity contribution in [3.63, 3.8) is 0 Å². The molecule has 34 heavy (non-hydrogen) atoms. The second-order valence-corrected chi connectivity index (χ2v) is 10.2. The third-order valence-corrected chi connectivity index (χ3v) is 6.87. The molecule has 0 amide bonds. The van der Waals surface area contributed by atoms with E-state index >= 15 is 0 Å². The zero-order chi connectivity index (χ0) is 26.0. The van der Waals surface area contributed by atoms with Crippen molar-refractivity contribution in [1.29, 1.82) is 0 Å². The van der Waals surface area contributed by atoms with E-state index in [1.54, 1.807) is 20.8 Å². The summed E-state index contributed by atoms with van der Waals surface area (Å²) in [4.78, 5) is 50.7. The minimum absolute atomic E-state index is 0.0274. The van der Waals surface area contributed by atoms with E-state index in [0.29, 0.717) is 6.42 Å². The quantitative estimate of drug-likeness (QED) is 0.331. The molecule has 1 heterocycles. The van der Waals surface area contributed by atoms with Crippen LogP contribution in [0.25, 0.3) is 0 Å². The van der Waals surface area contributed by atoms with E-state index in [9.17, 15) is 29.4 Å². The summed E-state index contributed by atoms with van der Waals surface area (Å²) in [5.74, 6) is -4.80. The number of esters is 3. The summed E-state index contributed by atoms with van der Waals surface area (Å²) < 4.78 is 16.6. The molecule has 1 saturated heterocycles. The molecule has 8 atom stereocenters. The Hall–Kier alpha value is -2.26. The highest BCUT2D eigenvalue weighted by Crippen LogP contribution is 2.41. The summed E-state index contributed by atoms with van der Waals surface area (Å²) in [6.45, 7) is 13.8. The molecule has 9 nitrogen and oxygen atoms in total. The average molecular weight is 483 g/mol. The van der Waals surface area contributed by atoms with Gasteiger partial charge in [-0.25, -0.2) is 4.79 Å². The monoisotopic (exact) mass is 482 g/mol. The fourth-order valence-electron chi connectivity index (χ4n) is 4.36. The molecule has 0 bridgehead atoms. The van der Waals surface area contributed by atoms with Crippen molar-refractivity contribution in [2.45, 2.75) is 97.2 Å². The predicted octanol–water partition coefficient (Wildman–Crippen LogP) is 2.11. The number of Topliss-reactive ketones (excluding diaryl/α,β-unsaturated/α-hetero) is 1. The Morgan fingerprint density at radius 2 is 1.85 bits per heavy atom. The maximum Gasteiger partial charge on any atom is 0.334 e. The molecular weight excluding hydrogens is 444 g/mol. The number of hydrogen-bond acceptors (Lipinski definition) is 9. The third kappa shape index (κ3) is 5.86. The van der Waals surface area contributed by atoms with Gasteiger partial charge in [0.25, 0.3) is 0 Å². The number of aliphatic hydroxyl groups is 2. The minimum Gasteiger partial charge on any atom is -0.459 e. The first-order chi connectivity index (χ1) is 15.7. The maximum atomic E-state index is 13.1. The highest BCUT2D eigenvalue weighted by Gasteiger charge is 2.58. The first-order valence-corrected chi connectivity index (χ1v) is 12.0. The van der Waals surface area contributed by atoms with Gasteiger partial charge in [-0.05, 0) is 31.6 Å². The van der Waals surface area contributed by atoms with Crippen molar-refractivity contribution < 1.29 is 43.6 Å². The number of fused-ring (bicyclic) bond motifs is 1. The van der Waals surface area contributed by atoms with Gasteiger partial charge < -0.3 is 24.4 Å². The van der Waals surface area contributed by atoms with Crippen LogP contribution in [-0.2, 0) is 33.4 Å². The van der Waals surface area contributed by atoms with Crippen LogP contribution in [0.5, 0.6) is 0 Å². The first kappa shape index (κ1) is 28.0. The number of carbonyl (C=O) groups excluding carboxylic acids is 4. The van der Waals surface area contributed by atoms with Crippen LogP contribution in [-0.4, -0.2) is 63.9 Å². The van der Waals surface area contributed by atoms with Crippen LogP contribution >= 0.6 is 0 Å². The van der Waals surface area contributed by atoms with Gasteiger partial charge in [0.1, 0.15) is 12.2 Å². The Bertz CT molecular complexity index is 815. The van der Waals surface area contributed by atoms with Gasteiger partial charge in [0, 0.05) is 18.4 Å². The normalized spacial score (nSPS) is 35.4. The SMILES string of the molecule is C=C1C(=O)OC2C1C(O)C(OC(=O)CC(C)C)C(C)CCC(=O)C(C)(O)C2OC(=O)C(C)CC. The summed E-state index contributed by atoms with van der Waals surface area (Å²) >= 11 is 0. The van der Waals surface area contributed by atoms with Crippen LogP contribution in [0.3, 0.4) is 0 Å². The molecule has 9 heteroatoms. The van der Waals surface area contributed by atoms with Crippen LogP contribution in [0.1, 0.15) is 67.2 Å². The van der Waals surface area contributed by atoms with Gasteiger partial charge in [0.05, 0.1) is 11.8 Å². The van der Waals surface area contributed by atoms with Crippen molar-refractivity contribution in [3.05, 3.63) is 12.2 Å². The molecule has 0 aromatic heterocycles. The molecular formula is C25H38O9. The summed E-state index contributed by atoms with van der Waals surface area (Å²) in [5.41, 5.74) is -2.29. The lowest BCUT2D eigenvalue weighted by atomic mass is 9.75. The third-order valence-electron chi connectivity index (χ3n) is 6.87. The van der Waals surface area contributed by atoms with E-state index in [-0.39, 0.29) is 30.8 Å². The molecule has 1 aliphatic carbocycles. The highest BCUT2D eigenvalue weighted by molar-refractivity contribution is 5.92. The summed E-state index contributed by atoms with van der Waals surface area (Å²) in [6, 6.07) is 0. The number of rotatable bonds is 6. The molecule has 2 N–H and O–H groups in total. The van der Waals surface area contributed by atoms with Crippen LogP contribution in [0.2, 0.25) is 0 Å². The number of ether oxygens (including phenoxy) is 3. The van der Waals surface area contributed by atoms with Crippen molar-refractivity contribution >= 4 is 23.7 Å². The Morgan fingerprint density at radius 3 is 2.41 bits per heavy atom. The maximum absolute atomic E-state index is 13.1. The van der Waals surface area contributed by atoms with Crippen molar-refractivity contribution in [2.24, 2.45) is 23.7 Å². The molecule has 2 aliphatic rings. The smallest absolute Gasteiger partial charge is 0.334 e.